The first-order chi connectivity index (χ1) is 12.4. The lowest BCUT2D eigenvalue weighted by atomic mass is 9.45. The molecule has 26 heavy (non-hydrogen) atoms. The zero-order chi connectivity index (χ0) is 18.4. The fraction of sp³-hybridized carbons (Fsp3) is 1.00. The van der Waals surface area contributed by atoms with Crippen molar-refractivity contribution in [2.75, 3.05) is 0 Å². The quantitative estimate of drug-likeness (QED) is 0.434. The van der Waals surface area contributed by atoms with E-state index in [4.69, 9.17) is 0 Å². The predicted octanol–water partition coefficient (Wildman–Crippen LogP) is 8.25. The van der Waals surface area contributed by atoms with Crippen molar-refractivity contribution < 1.29 is 0 Å². The highest BCUT2D eigenvalue weighted by atomic mass is 14.6. The Labute approximate surface area is 164 Å². The molecule has 0 aliphatic heterocycles. The number of hydrogen-bond donors (Lipinski definition) is 0. The van der Waals surface area contributed by atoms with Crippen molar-refractivity contribution in [2.45, 2.75) is 118 Å². The van der Waals surface area contributed by atoms with E-state index in [0.717, 1.165) is 40.9 Å². The SMILES string of the molecule is CC(C)CCCC[C@H]1CC[C@H]2[C@@H]3CCC4CCCC[C@]4(C)[C@H]3CC[C@]12C. The molecule has 0 N–H and O–H groups in total. The fourth-order valence-corrected chi connectivity index (χ4v) is 8.82. The second-order valence-corrected chi connectivity index (χ2v) is 11.9. The van der Waals surface area contributed by atoms with E-state index >= 15 is 0 Å². The van der Waals surface area contributed by atoms with Crippen LogP contribution in [-0.4, -0.2) is 0 Å². The van der Waals surface area contributed by atoms with E-state index < -0.39 is 0 Å². The van der Waals surface area contributed by atoms with E-state index in [1.165, 1.54) is 38.5 Å². The molecule has 4 aliphatic carbocycles. The first-order valence-corrected chi connectivity index (χ1v) is 12.4. The van der Waals surface area contributed by atoms with E-state index in [1.807, 2.05) is 0 Å². The minimum Gasteiger partial charge on any atom is -0.0628 e. The van der Waals surface area contributed by atoms with Gasteiger partial charge >= 0.3 is 0 Å². The average Bonchev–Trinajstić information content (AvgIpc) is 2.94. The summed E-state index contributed by atoms with van der Waals surface area (Å²) >= 11 is 0. The Morgan fingerprint density at radius 1 is 0.769 bits per heavy atom. The summed E-state index contributed by atoms with van der Waals surface area (Å²) in [5.41, 5.74) is 1.43. The maximum Gasteiger partial charge on any atom is -0.0266 e. The van der Waals surface area contributed by atoms with Crippen molar-refractivity contribution in [1.82, 2.24) is 0 Å². The van der Waals surface area contributed by atoms with E-state index in [-0.39, 0.29) is 0 Å². The lowest BCUT2D eigenvalue weighted by molar-refractivity contribution is -0.111. The van der Waals surface area contributed by atoms with Crippen LogP contribution in [0.1, 0.15) is 118 Å². The van der Waals surface area contributed by atoms with Gasteiger partial charge in [-0.1, -0.05) is 59.8 Å². The minimum atomic E-state index is 0.705. The van der Waals surface area contributed by atoms with Crippen molar-refractivity contribution in [3.8, 4) is 0 Å². The molecule has 0 radical (unpaired) electrons. The molecular weight excluding hydrogens is 312 g/mol. The highest BCUT2D eigenvalue weighted by molar-refractivity contribution is 5.08. The van der Waals surface area contributed by atoms with Crippen LogP contribution >= 0.6 is 0 Å². The normalized spacial score (nSPS) is 48.1. The Hall–Kier alpha value is 0. The topological polar surface area (TPSA) is 0 Å². The summed E-state index contributed by atoms with van der Waals surface area (Å²) in [6, 6.07) is 0. The molecule has 4 rings (SSSR count). The first-order valence-electron chi connectivity index (χ1n) is 12.4. The third kappa shape index (κ3) is 3.20. The zero-order valence-electron chi connectivity index (χ0n) is 18.4. The molecule has 4 aliphatic rings. The van der Waals surface area contributed by atoms with Crippen LogP contribution in [0.25, 0.3) is 0 Å². The van der Waals surface area contributed by atoms with E-state index in [2.05, 4.69) is 27.7 Å². The maximum atomic E-state index is 2.74. The number of hydrogen-bond acceptors (Lipinski definition) is 0. The second-order valence-electron chi connectivity index (χ2n) is 11.9. The summed E-state index contributed by atoms with van der Waals surface area (Å²) in [6.07, 6.45) is 21.6. The van der Waals surface area contributed by atoms with E-state index in [0.29, 0.717) is 5.41 Å². The molecule has 0 heteroatoms. The summed E-state index contributed by atoms with van der Waals surface area (Å²) < 4.78 is 0. The van der Waals surface area contributed by atoms with Crippen molar-refractivity contribution in [2.24, 2.45) is 46.3 Å². The van der Waals surface area contributed by atoms with Gasteiger partial charge in [-0.15, -0.1) is 0 Å². The molecule has 7 atom stereocenters. The molecule has 1 unspecified atom stereocenters. The third-order valence-electron chi connectivity index (χ3n) is 10.4. The summed E-state index contributed by atoms with van der Waals surface area (Å²) in [5, 5.41) is 0. The van der Waals surface area contributed by atoms with Crippen molar-refractivity contribution in [3.05, 3.63) is 0 Å². The molecule has 0 saturated heterocycles. The van der Waals surface area contributed by atoms with Crippen LogP contribution in [0.3, 0.4) is 0 Å². The molecule has 4 saturated carbocycles. The molecule has 0 aromatic rings. The van der Waals surface area contributed by atoms with Gasteiger partial charge in [-0.05, 0) is 104 Å². The zero-order valence-corrected chi connectivity index (χ0v) is 18.4. The van der Waals surface area contributed by atoms with Crippen LogP contribution < -0.4 is 0 Å². The third-order valence-corrected chi connectivity index (χ3v) is 10.4. The van der Waals surface area contributed by atoms with Gasteiger partial charge in [-0.3, -0.25) is 0 Å². The van der Waals surface area contributed by atoms with Crippen molar-refractivity contribution in [3.63, 3.8) is 0 Å². The smallest absolute Gasteiger partial charge is 0.0266 e. The van der Waals surface area contributed by atoms with Gasteiger partial charge in [0.05, 0.1) is 0 Å². The Morgan fingerprint density at radius 3 is 2.38 bits per heavy atom. The predicted molar refractivity (Wildman–Crippen MR) is 113 cm³/mol. The standard InChI is InChI=1S/C26H46/c1-19(2)9-5-6-10-21-13-15-23-22-14-12-20-11-7-8-17-25(20,3)24(22)16-18-26(21,23)4/h19-24H,5-18H2,1-4H3/t20?,21-,22-,23-,24-,25-,26+/m0/s1. The monoisotopic (exact) mass is 358 g/mol. The van der Waals surface area contributed by atoms with Crippen molar-refractivity contribution >= 4 is 0 Å². The molecule has 0 amide bonds. The molecule has 0 spiro atoms. The molecule has 150 valence electrons. The van der Waals surface area contributed by atoms with Crippen LogP contribution in [0, 0.1) is 46.3 Å². The van der Waals surface area contributed by atoms with Crippen LogP contribution in [0.2, 0.25) is 0 Å². The Bertz CT molecular complexity index is 478. The Balaban J connectivity index is 1.43. The molecule has 0 bridgehead atoms. The molecule has 0 aromatic carbocycles. The second kappa shape index (κ2) is 7.44. The average molecular weight is 359 g/mol. The van der Waals surface area contributed by atoms with E-state index in [1.54, 1.807) is 51.4 Å². The molecule has 4 fully saturated rings. The van der Waals surface area contributed by atoms with Crippen LogP contribution in [0.5, 0.6) is 0 Å². The minimum absolute atomic E-state index is 0.705. The lowest BCUT2D eigenvalue weighted by Gasteiger charge is -2.60. The van der Waals surface area contributed by atoms with Crippen LogP contribution in [-0.2, 0) is 0 Å². The number of rotatable bonds is 5. The van der Waals surface area contributed by atoms with Gasteiger partial charge in [-0.2, -0.15) is 0 Å². The fourth-order valence-electron chi connectivity index (χ4n) is 8.82. The first kappa shape index (κ1) is 19.3. The summed E-state index contributed by atoms with van der Waals surface area (Å²) in [4.78, 5) is 0. The van der Waals surface area contributed by atoms with Gasteiger partial charge < -0.3 is 0 Å². The highest BCUT2D eigenvalue weighted by Gasteiger charge is 2.59. The van der Waals surface area contributed by atoms with Crippen molar-refractivity contribution in [1.29, 1.82) is 0 Å². The van der Waals surface area contributed by atoms with Gasteiger partial charge in [0.1, 0.15) is 0 Å². The largest absolute Gasteiger partial charge is 0.0628 e. The number of unbranched alkanes of at least 4 members (excludes halogenated alkanes) is 1. The maximum absolute atomic E-state index is 2.74. The lowest BCUT2D eigenvalue weighted by Crippen LogP contribution is -2.52. The van der Waals surface area contributed by atoms with Gasteiger partial charge in [0, 0.05) is 0 Å². The Morgan fingerprint density at radius 2 is 1.58 bits per heavy atom. The van der Waals surface area contributed by atoms with Crippen LogP contribution in [0.15, 0.2) is 0 Å². The van der Waals surface area contributed by atoms with Gasteiger partial charge in [-0.25, -0.2) is 0 Å². The molecular formula is C26H46. The summed E-state index contributed by atoms with van der Waals surface area (Å²) in [5.74, 6) is 6.28. The molecule has 0 nitrogen and oxygen atoms in total. The highest BCUT2D eigenvalue weighted by Crippen LogP contribution is 2.67. The van der Waals surface area contributed by atoms with Gasteiger partial charge in [0.2, 0.25) is 0 Å². The van der Waals surface area contributed by atoms with Gasteiger partial charge in [0.25, 0.3) is 0 Å². The summed E-state index contributed by atoms with van der Waals surface area (Å²) in [7, 11) is 0. The van der Waals surface area contributed by atoms with E-state index in [9.17, 15) is 0 Å². The van der Waals surface area contributed by atoms with Crippen LogP contribution in [0.4, 0.5) is 0 Å². The van der Waals surface area contributed by atoms with Gasteiger partial charge in [0.15, 0.2) is 0 Å². The number of fused-ring (bicyclic) bond motifs is 5. The molecule has 0 heterocycles. The summed E-state index contributed by atoms with van der Waals surface area (Å²) in [6.45, 7) is 10.2. The Kier molecular flexibility index (Phi) is 5.53. The molecule has 0 aromatic heterocycles.